The lowest BCUT2D eigenvalue weighted by molar-refractivity contribution is 0.620. The summed E-state index contributed by atoms with van der Waals surface area (Å²) in [5.74, 6) is -0.349. The van der Waals surface area contributed by atoms with Crippen molar-refractivity contribution in [2.75, 3.05) is 5.73 Å². The van der Waals surface area contributed by atoms with Crippen molar-refractivity contribution in [3.8, 4) is 0 Å². The zero-order valence-electron chi connectivity index (χ0n) is 9.78. The van der Waals surface area contributed by atoms with Gasteiger partial charge in [0.2, 0.25) is 0 Å². The van der Waals surface area contributed by atoms with Crippen LogP contribution >= 0.6 is 27.7 Å². The Bertz CT molecular complexity index is 721. The van der Waals surface area contributed by atoms with Gasteiger partial charge in [0.1, 0.15) is 5.82 Å². The summed E-state index contributed by atoms with van der Waals surface area (Å²) < 4.78 is 13.7. The molecule has 1 heterocycles. The monoisotopic (exact) mass is 336 g/mol. The molecule has 0 aliphatic rings. The molecule has 0 bridgehead atoms. The van der Waals surface area contributed by atoms with E-state index in [9.17, 15) is 4.39 Å². The fourth-order valence-electron chi connectivity index (χ4n) is 1.85. The number of halogens is 2. The third-order valence-corrected chi connectivity index (χ3v) is 4.40. The van der Waals surface area contributed by atoms with Crippen molar-refractivity contribution in [3.63, 3.8) is 0 Å². The smallest absolute Gasteiger partial charge is 0.139 e. The van der Waals surface area contributed by atoms with Crippen LogP contribution in [0.5, 0.6) is 0 Å². The number of hydrogen-bond donors (Lipinski definition) is 2. The number of aromatic amines is 1. The third kappa shape index (κ3) is 2.48. The van der Waals surface area contributed by atoms with Gasteiger partial charge in [-0.15, -0.1) is 0 Å². The zero-order chi connectivity index (χ0) is 13.4. The Morgan fingerprint density at radius 3 is 2.74 bits per heavy atom. The van der Waals surface area contributed by atoms with Crippen LogP contribution in [-0.4, -0.2) is 4.98 Å². The largest absolute Gasteiger partial charge is 0.398 e. The number of nitrogens with one attached hydrogen (secondary N) is 1. The summed E-state index contributed by atoms with van der Waals surface area (Å²) in [6.07, 6.45) is 0. The van der Waals surface area contributed by atoms with Crippen molar-refractivity contribution in [2.24, 2.45) is 0 Å². The van der Waals surface area contributed by atoms with Gasteiger partial charge < -0.3 is 10.7 Å². The highest BCUT2D eigenvalue weighted by molar-refractivity contribution is 9.10. The van der Waals surface area contributed by atoms with Crippen molar-refractivity contribution in [3.05, 3.63) is 52.8 Å². The van der Waals surface area contributed by atoms with E-state index in [-0.39, 0.29) is 5.82 Å². The number of nitrogen functional groups attached to an aromatic ring is 1. The molecule has 0 unspecified atom stereocenters. The highest BCUT2D eigenvalue weighted by Gasteiger charge is 2.09. The van der Waals surface area contributed by atoms with Gasteiger partial charge in [-0.2, -0.15) is 0 Å². The van der Waals surface area contributed by atoms with E-state index in [0.29, 0.717) is 10.2 Å². The molecule has 0 saturated heterocycles. The van der Waals surface area contributed by atoms with E-state index in [4.69, 9.17) is 5.73 Å². The first-order valence-electron chi connectivity index (χ1n) is 5.63. The molecule has 0 amide bonds. The number of anilines is 1. The van der Waals surface area contributed by atoms with Gasteiger partial charge in [0.15, 0.2) is 0 Å². The molecular weight excluding hydrogens is 327 g/mol. The minimum atomic E-state index is -0.349. The first kappa shape index (κ1) is 12.6. The molecule has 3 rings (SSSR count). The summed E-state index contributed by atoms with van der Waals surface area (Å²) in [5.41, 5.74) is 7.35. The lowest BCUT2D eigenvalue weighted by Gasteiger charge is -2.05. The van der Waals surface area contributed by atoms with Crippen LogP contribution in [0.25, 0.3) is 10.9 Å². The fraction of sp³-hybridized carbons (Fsp3) is 0. The predicted octanol–water partition coefficient (Wildman–Crippen LogP) is 4.80. The summed E-state index contributed by atoms with van der Waals surface area (Å²) in [4.78, 5) is 4.12. The number of aromatic nitrogens is 1. The quantitative estimate of drug-likeness (QED) is 0.660. The lowest BCUT2D eigenvalue weighted by Crippen LogP contribution is -1.91. The molecule has 2 nitrogen and oxygen atoms in total. The number of H-pyrrole nitrogens is 1. The van der Waals surface area contributed by atoms with Crippen molar-refractivity contribution >= 4 is 44.3 Å². The molecule has 0 radical (unpaired) electrons. The highest BCUT2D eigenvalue weighted by atomic mass is 79.9. The molecule has 5 heteroatoms. The van der Waals surface area contributed by atoms with Crippen LogP contribution in [0.15, 0.2) is 56.9 Å². The van der Waals surface area contributed by atoms with Crippen LogP contribution < -0.4 is 5.73 Å². The second-order valence-electron chi connectivity index (χ2n) is 4.13. The molecular formula is C14H10BrFN2S. The van der Waals surface area contributed by atoms with E-state index in [0.717, 1.165) is 20.8 Å². The van der Waals surface area contributed by atoms with E-state index < -0.39 is 0 Å². The first-order valence-corrected chi connectivity index (χ1v) is 7.24. The van der Waals surface area contributed by atoms with E-state index in [1.807, 2.05) is 24.3 Å². The van der Waals surface area contributed by atoms with Crippen LogP contribution in [0, 0.1) is 5.82 Å². The van der Waals surface area contributed by atoms with Gasteiger partial charge in [-0.1, -0.05) is 30.0 Å². The van der Waals surface area contributed by atoms with Gasteiger partial charge in [0.05, 0.1) is 9.50 Å². The second kappa shape index (κ2) is 4.90. The van der Waals surface area contributed by atoms with E-state index in [1.54, 1.807) is 6.07 Å². The van der Waals surface area contributed by atoms with Gasteiger partial charge in [-0.05, 0) is 40.2 Å². The Kier molecular flexibility index (Phi) is 3.24. The van der Waals surface area contributed by atoms with Crippen LogP contribution in [0.2, 0.25) is 0 Å². The average molecular weight is 337 g/mol. The number of para-hydroxylation sites is 1. The zero-order valence-corrected chi connectivity index (χ0v) is 12.2. The topological polar surface area (TPSA) is 41.8 Å². The number of rotatable bonds is 2. The second-order valence-corrected chi connectivity index (χ2v) is 6.07. The molecule has 2 aromatic carbocycles. The molecule has 0 atom stereocenters. The highest BCUT2D eigenvalue weighted by Crippen LogP contribution is 2.36. The van der Waals surface area contributed by atoms with Crippen molar-refractivity contribution in [1.82, 2.24) is 4.98 Å². The molecule has 0 fully saturated rings. The van der Waals surface area contributed by atoms with Gasteiger partial charge >= 0.3 is 0 Å². The Morgan fingerprint density at radius 2 is 1.95 bits per heavy atom. The maximum atomic E-state index is 13.3. The molecule has 0 saturated carbocycles. The summed E-state index contributed by atoms with van der Waals surface area (Å²) in [6.45, 7) is 0. The maximum absolute atomic E-state index is 13.3. The number of fused-ring (bicyclic) bond motifs is 1. The Morgan fingerprint density at radius 1 is 1.16 bits per heavy atom. The third-order valence-electron chi connectivity index (χ3n) is 2.78. The van der Waals surface area contributed by atoms with Gasteiger partial charge in [0, 0.05) is 21.5 Å². The molecule has 0 aliphatic heterocycles. The molecule has 0 aliphatic carbocycles. The van der Waals surface area contributed by atoms with Crippen molar-refractivity contribution in [1.29, 1.82) is 0 Å². The summed E-state index contributed by atoms with van der Waals surface area (Å²) in [7, 11) is 0. The van der Waals surface area contributed by atoms with Crippen molar-refractivity contribution in [2.45, 2.75) is 9.92 Å². The fourth-order valence-corrected chi connectivity index (χ4v) is 3.28. The molecule has 3 N–H and O–H groups in total. The molecule has 3 aromatic rings. The number of benzene rings is 2. The predicted molar refractivity (Wildman–Crippen MR) is 80.9 cm³/mol. The minimum Gasteiger partial charge on any atom is -0.398 e. The average Bonchev–Trinajstić information content (AvgIpc) is 2.78. The van der Waals surface area contributed by atoms with Crippen LogP contribution in [0.3, 0.4) is 0 Å². The SMILES string of the molecule is Nc1cc(F)c(Br)cc1Sc1cc2ccccc2[nH]1. The van der Waals surface area contributed by atoms with E-state index >= 15 is 0 Å². The molecule has 96 valence electrons. The molecule has 0 spiro atoms. The van der Waals surface area contributed by atoms with Gasteiger partial charge in [-0.25, -0.2) is 4.39 Å². The normalized spacial score (nSPS) is 11.1. The van der Waals surface area contributed by atoms with Crippen LogP contribution in [0.4, 0.5) is 10.1 Å². The van der Waals surface area contributed by atoms with Crippen LogP contribution in [-0.2, 0) is 0 Å². The Hall–Kier alpha value is -1.46. The standard InChI is InChI=1S/C14H10BrFN2S/c15-9-6-13(11(17)7-10(9)16)19-14-5-8-3-1-2-4-12(8)18-14/h1-7,18H,17H2. The molecule has 19 heavy (non-hydrogen) atoms. The number of nitrogens with two attached hydrogens (primary N) is 1. The molecule has 1 aromatic heterocycles. The summed E-state index contributed by atoms with van der Waals surface area (Å²) in [6, 6.07) is 13.1. The van der Waals surface area contributed by atoms with E-state index in [1.165, 1.54) is 17.8 Å². The lowest BCUT2D eigenvalue weighted by atomic mass is 10.3. The summed E-state index contributed by atoms with van der Waals surface area (Å²) in [5, 5.41) is 2.12. The van der Waals surface area contributed by atoms with Crippen LogP contribution in [0.1, 0.15) is 0 Å². The summed E-state index contributed by atoms with van der Waals surface area (Å²) >= 11 is 4.66. The maximum Gasteiger partial charge on any atom is 0.139 e. The van der Waals surface area contributed by atoms with E-state index in [2.05, 4.69) is 27.0 Å². The number of hydrogen-bond acceptors (Lipinski definition) is 2. The first-order chi connectivity index (χ1) is 9.13. The minimum absolute atomic E-state index is 0.349. The Balaban J connectivity index is 1.98. The van der Waals surface area contributed by atoms with Gasteiger partial charge in [-0.3, -0.25) is 0 Å². The Labute approximate surface area is 122 Å². The van der Waals surface area contributed by atoms with Crippen molar-refractivity contribution < 1.29 is 4.39 Å². The van der Waals surface area contributed by atoms with Gasteiger partial charge in [0.25, 0.3) is 0 Å².